The standard InChI is InChI=1S/C26H23FN6O3/c27-19-4-6-20(7-5-19)30-26(36)32-13-17-10-18(15-32)23-9-8-22(24(34)33(23)14-17)31-25(35)29-21-3-1-2-16(11-21)12-28/h1-9,11,17-18H,10,13-15H2,(H,30,36)(H2,29,31,35)/t17-,18-/m1/s1. The molecule has 0 radical (unpaired) electrons. The number of halogens is 1. The van der Waals surface area contributed by atoms with Crippen LogP contribution in [-0.2, 0) is 6.54 Å². The van der Waals surface area contributed by atoms with E-state index in [0.717, 1.165) is 12.1 Å². The van der Waals surface area contributed by atoms with Gasteiger partial charge in [0.15, 0.2) is 0 Å². The highest BCUT2D eigenvalue weighted by atomic mass is 19.1. The maximum absolute atomic E-state index is 13.2. The predicted molar refractivity (Wildman–Crippen MR) is 132 cm³/mol. The minimum absolute atomic E-state index is 0.0132. The quantitative estimate of drug-likeness (QED) is 0.515. The lowest BCUT2D eigenvalue weighted by Crippen LogP contribution is -2.50. The van der Waals surface area contributed by atoms with E-state index in [4.69, 9.17) is 5.26 Å². The lowest BCUT2D eigenvalue weighted by molar-refractivity contribution is 0.139. The van der Waals surface area contributed by atoms with Gasteiger partial charge < -0.3 is 25.4 Å². The van der Waals surface area contributed by atoms with Crippen molar-refractivity contribution in [2.24, 2.45) is 5.92 Å². The Labute approximate surface area is 206 Å². The molecule has 0 spiro atoms. The molecule has 2 aliphatic heterocycles. The van der Waals surface area contributed by atoms with Gasteiger partial charge in [-0.05, 0) is 66.9 Å². The molecule has 182 valence electrons. The van der Waals surface area contributed by atoms with Gasteiger partial charge >= 0.3 is 12.1 Å². The minimum atomic E-state index is -0.581. The minimum Gasteiger partial charge on any atom is -0.324 e. The second-order valence-electron chi connectivity index (χ2n) is 9.00. The Kier molecular flexibility index (Phi) is 6.12. The maximum atomic E-state index is 13.2. The molecule has 1 saturated heterocycles. The van der Waals surface area contributed by atoms with Crippen LogP contribution < -0.4 is 21.5 Å². The Bertz CT molecular complexity index is 1430. The van der Waals surface area contributed by atoms with Crippen molar-refractivity contribution >= 4 is 29.1 Å². The average molecular weight is 487 g/mol. The van der Waals surface area contributed by atoms with Gasteiger partial charge in [0.1, 0.15) is 11.5 Å². The molecule has 10 heteroatoms. The van der Waals surface area contributed by atoms with Crippen molar-refractivity contribution in [2.75, 3.05) is 29.0 Å². The molecular formula is C26H23FN6O3. The molecule has 0 unspecified atom stereocenters. The highest BCUT2D eigenvalue weighted by Gasteiger charge is 2.36. The maximum Gasteiger partial charge on any atom is 0.323 e. The zero-order valence-corrected chi connectivity index (χ0v) is 19.2. The normalized spacial score (nSPS) is 17.9. The van der Waals surface area contributed by atoms with Crippen LogP contribution in [0.2, 0.25) is 0 Å². The Morgan fingerprint density at radius 2 is 1.75 bits per heavy atom. The molecule has 1 aromatic heterocycles. The first-order chi connectivity index (χ1) is 17.4. The Morgan fingerprint density at radius 1 is 0.944 bits per heavy atom. The number of rotatable bonds is 3. The van der Waals surface area contributed by atoms with Gasteiger partial charge in [-0.3, -0.25) is 4.79 Å². The number of benzene rings is 2. The number of nitriles is 1. The largest absolute Gasteiger partial charge is 0.324 e. The lowest BCUT2D eigenvalue weighted by atomic mass is 9.83. The van der Waals surface area contributed by atoms with Crippen molar-refractivity contribution in [1.82, 2.24) is 9.47 Å². The zero-order valence-electron chi connectivity index (χ0n) is 19.2. The van der Waals surface area contributed by atoms with E-state index in [1.165, 1.54) is 24.3 Å². The number of aromatic nitrogens is 1. The highest BCUT2D eigenvalue weighted by molar-refractivity contribution is 5.99. The van der Waals surface area contributed by atoms with Crippen LogP contribution in [0, 0.1) is 23.1 Å². The second-order valence-corrected chi connectivity index (χ2v) is 9.00. The zero-order chi connectivity index (χ0) is 25.2. The number of hydrogen-bond donors (Lipinski definition) is 3. The summed E-state index contributed by atoms with van der Waals surface area (Å²) in [6, 6.07) is 16.6. The smallest absolute Gasteiger partial charge is 0.323 e. The number of amides is 4. The van der Waals surface area contributed by atoms with Crippen LogP contribution in [0.4, 0.5) is 31.0 Å². The number of nitrogens with one attached hydrogen (secondary N) is 3. The molecule has 0 saturated carbocycles. The second kappa shape index (κ2) is 9.54. The van der Waals surface area contributed by atoms with Crippen LogP contribution in [-0.4, -0.2) is 34.6 Å². The Hall–Kier alpha value is -4.65. The third kappa shape index (κ3) is 4.77. The number of hydrogen-bond acceptors (Lipinski definition) is 4. The van der Waals surface area contributed by atoms with Gasteiger partial charge in [-0.1, -0.05) is 6.07 Å². The van der Waals surface area contributed by atoms with E-state index in [1.807, 2.05) is 12.1 Å². The molecule has 5 rings (SSSR count). The van der Waals surface area contributed by atoms with Gasteiger partial charge in [0, 0.05) is 42.6 Å². The first kappa shape index (κ1) is 23.1. The van der Waals surface area contributed by atoms with E-state index in [1.54, 1.807) is 39.8 Å². The number of carbonyl (C=O) groups is 2. The molecule has 2 atom stereocenters. The predicted octanol–water partition coefficient (Wildman–Crippen LogP) is 4.15. The molecule has 2 bridgehead atoms. The van der Waals surface area contributed by atoms with Crippen LogP contribution in [0.3, 0.4) is 0 Å². The van der Waals surface area contributed by atoms with Crippen LogP contribution in [0.1, 0.15) is 23.6 Å². The highest BCUT2D eigenvalue weighted by Crippen LogP contribution is 2.35. The molecular weight excluding hydrogens is 463 g/mol. The van der Waals surface area contributed by atoms with E-state index in [9.17, 15) is 18.8 Å². The summed E-state index contributed by atoms with van der Waals surface area (Å²) >= 11 is 0. The SMILES string of the molecule is N#Cc1cccc(NC(=O)Nc2ccc3n(c2=O)C[C@@H]2C[C@@H]3CN(C(=O)Nc3ccc(F)cc3)C2)c1. The van der Waals surface area contributed by atoms with Crippen LogP contribution in [0.5, 0.6) is 0 Å². The fourth-order valence-electron chi connectivity index (χ4n) is 4.89. The monoisotopic (exact) mass is 486 g/mol. The van der Waals surface area contributed by atoms with Gasteiger partial charge in [0.2, 0.25) is 0 Å². The molecule has 2 aliphatic rings. The van der Waals surface area contributed by atoms with Crippen LogP contribution in [0.25, 0.3) is 0 Å². The summed E-state index contributed by atoms with van der Waals surface area (Å²) in [6.45, 7) is 1.38. The average Bonchev–Trinajstić information content (AvgIpc) is 2.87. The summed E-state index contributed by atoms with van der Waals surface area (Å²) < 4.78 is 14.8. The van der Waals surface area contributed by atoms with Gasteiger partial charge in [-0.25, -0.2) is 14.0 Å². The number of fused-ring (bicyclic) bond motifs is 4. The number of carbonyl (C=O) groups excluding carboxylic acids is 2. The van der Waals surface area contributed by atoms with Crippen molar-refractivity contribution in [2.45, 2.75) is 18.9 Å². The summed E-state index contributed by atoms with van der Waals surface area (Å²) in [4.78, 5) is 40.2. The Morgan fingerprint density at radius 3 is 2.53 bits per heavy atom. The van der Waals surface area contributed by atoms with Gasteiger partial charge in [0.05, 0.1) is 11.6 Å². The lowest BCUT2D eigenvalue weighted by Gasteiger charge is -2.42. The third-order valence-electron chi connectivity index (χ3n) is 6.48. The fourth-order valence-corrected chi connectivity index (χ4v) is 4.89. The van der Waals surface area contributed by atoms with Gasteiger partial charge in [0.25, 0.3) is 5.56 Å². The van der Waals surface area contributed by atoms with E-state index in [0.29, 0.717) is 36.6 Å². The first-order valence-corrected chi connectivity index (χ1v) is 11.5. The molecule has 3 aromatic rings. The number of pyridine rings is 1. The number of anilines is 3. The number of likely N-dealkylation sites (tertiary alicyclic amines) is 1. The number of nitrogens with zero attached hydrogens (tertiary/aromatic N) is 3. The van der Waals surface area contributed by atoms with E-state index in [-0.39, 0.29) is 34.9 Å². The van der Waals surface area contributed by atoms with E-state index < -0.39 is 6.03 Å². The molecule has 0 aliphatic carbocycles. The summed E-state index contributed by atoms with van der Waals surface area (Å²) in [5.41, 5.74) is 2.04. The topological polar surface area (TPSA) is 119 Å². The third-order valence-corrected chi connectivity index (χ3v) is 6.48. The molecule has 9 nitrogen and oxygen atoms in total. The summed E-state index contributed by atoms with van der Waals surface area (Å²) in [7, 11) is 0. The van der Waals surface area contributed by atoms with Crippen molar-refractivity contribution in [1.29, 1.82) is 5.26 Å². The molecule has 3 N–H and O–H groups in total. The molecule has 36 heavy (non-hydrogen) atoms. The Balaban J connectivity index is 1.28. The molecule has 4 amide bonds. The number of urea groups is 2. The van der Waals surface area contributed by atoms with E-state index in [2.05, 4.69) is 16.0 Å². The first-order valence-electron chi connectivity index (χ1n) is 11.5. The van der Waals surface area contributed by atoms with Gasteiger partial charge in [-0.2, -0.15) is 5.26 Å². The summed E-state index contributed by atoms with van der Waals surface area (Å²) in [6.07, 6.45) is 0.863. The van der Waals surface area contributed by atoms with Gasteiger partial charge in [-0.15, -0.1) is 0 Å². The van der Waals surface area contributed by atoms with Crippen molar-refractivity contribution in [3.8, 4) is 6.07 Å². The van der Waals surface area contributed by atoms with Crippen LogP contribution >= 0.6 is 0 Å². The van der Waals surface area contributed by atoms with Crippen molar-refractivity contribution in [3.05, 3.63) is 88.1 Å². The summed E-state index contributed by atoms with van der Waals surface area (Å²) in [5.74, 6) is -0.298. The molecule has 2 aromatic carbocycles. The van der Waals surface area contributed by atoms with Crippen molar-refractivity contribution in [3.63, 3.8) is 0 Å². The summed E-state index contributed by atoms with van der Waals surface area (Å²) in [5, 5.41) is 17.0. The molecule has 3 heterocycles. The van der Waals surface area contributed by atoms with Crippen molar-refractivity contribution < 1.29 is 14.0 Å². The number of piperidine rings is 1. The van der Waals surface area contributed by atoms with Crippen LogP contribution in [0.15, 0.2) is 65.5 Å². The fraction of sp³-hybridized carbons (Fsp3) is 0.231. The molecule has 1 fully saturated rings. The van der Waals surface area contributed by atoms with E-state index >= 15 is 0 Å².